The van der Waals surface area contributed by atoms with E-state index >= 15 is 0 Å². The lowest BCUT2D eigenvalue weighted by atomic mass is 10.1. The quantitative estimate of drug-likeness (QED) is 0.857. The average molecular weight is 308 g/mol. The SMILES string of the molecule is Cc1cc(C)cc(CNc2ccc(F)cc2Br)c1. The summed E-state index contributed by atoms with van der Waals surface area (Å²) < 4.78 is 13.7. The minimum absolute atomic E-state index is 0.237. The first kappa shape index (κ1) is 13.1. The number of anilines is 1. The van der Waals surface area contributed by atoms with Crippen molar-refractivity contribution in [3.63, 3.8) is 0 Å². The van der Waals surface area contributed by atoms with Crippen molar-refractivity contribution in [2.24, 2.45) is 0 Å². The Kier molecular flexibility index (Phi) is 4.02. The Morgan fingerprint density at radius 2 is 1.72 bits per heavy atom. The second-order valence-electron chi connectivity index (χ2n) is 4.47. The Morgan fingerprint density at radius 1 is 1.06 bits per heavy atom. The van der Waals surface area contributed by atoms with E-state index in [1.54, 1.807) is 6.07 Å². The van der Waals surface area contributed by atoms with Gasteiger partial charge in [0, 0.05) is 16.7 Å². The summed E-state index contributed by atoms with van der Waals surface area (Å²) in [4.78, 5) is 0. The van der Waals surface area contributed by atoms with E-state index in [2.05, 4.69) is 53.3 Å². The molecular formula is C15H15BrFN. The summed E-state index contributed by atoms with van der Waals surface area (Å²) in [6.07, 6.45) is 0. The van der Waals surface area contributed by atoms with Crippen molar-refractivity contribution in [2.45, 2.75) is 20.4 Å². The minimum Gasteiger partial charge on any atom is -0.380 e. The molecule has 1 nitrogen and oxygen atoms in total. The number of benzene rings is 2. The lowest BCUT2D eigenvalue weighted by Gasteiger charge is -2.10. The van der Waals surface area contributed by atoms with E-state index in [-0.39, 0.29) is 5.82 Å². The molecule has 94 valence electrons. The molecule has 0 radical (unpaired) electrons. The zero-order valence-electron chi connectivity index (χ0n) is 10.4. The first-order chi connectivity index (χ1) is 8.54. The Labute approximate surface area is 115 Å². The Hall–Kier alpha value is -1.35. The van der Waals surface area contributed by atoms with Gasteiger partial charge in [0.15, 0.2) is 0 Å². The second-order valence-corrected chi connectivity index (χ2v) is 5.33. The molecule has 2 aromatic rings. The van der Waals surface area contributed by atoms with Gasteiger partial charge >= 0.3 is 0 Å². The third kappa shape index (κ3) is 3.33. The molecular weight excluding hydrogens is 293 g/mol. The van der Waals surface area contributed by atoms with Gasteiger partial charge in [-0.2, -0.15) is 0 Å². The van der Waals surface area contributed by atoms with Crippen molar-refractivity contribution in [2.75, 3.05) is 5.32 Å². The Morgan fingerprint density at radius 3 is 2.33 bits per heavy atom. The summed E-state index contributed by atoms with van der Waals surface area (Å²) in [5, 5.41) is 3.30. The number of rotatable bonds is 3. The zero-order valence-corrected chi connectivity index (χ0v) is 12.0. The molecule has 0 bridgehead atoms. The van der Waals surface area contributed by atoms with Crippen molar-refractivity contribution in [3.8, 4) is 0 Å². The van der Waals surface area contributed by atoms with Crippen LogP contribution in [0.2, 0.25) is 0 Å². The highest BCUT2D eigenvalue weighted by atomic mass is 79.9. The lowest BCUT2D eigenvalue weighted by Crippen LogP contribution is -2.01. The van der Waals surface area contributed by atoms with Crippen LogP contribution in [0, 0.1) is 19.7 Å². The van der Waals surface area contributed by atoms with Gasteiger partial charge in [0.2, 0.25) is 0 Å². The van der Waals surface area contributed by atoms with Gasteiger partial charge in [0.05, 0.1) is 0 Å². The monoisotopic (exact) mass is 307 g/mol. The average Bonchev–Trinajstić information content (AvgIpc) is 2.26. The molecule has 0 saturated carbocycles. The van der Waals surface area contributed by atoms with E-state index in [1.165, 1.54) is 28.8 Å². The molecule has 0 aromatic heterocycles. The summed E-state index contributed by atoms with van der Waals surface area (Å²) in [5.74, 6) is -0.237. The molecule has 0 aliphatic rings. The fourth-order valence-electron chi connectivity index (χ4n) is 2.00. The van der Waals surface area contributed by atoms with Gasteiger partial charge in [0.1, 0.15) is 5.82 Å². The molecule has 0 unspecified atom stereocenters. The largest absolute Gasteiger partial charge is 0.380 e. The van der Waals surface area contributed by atoms with Crippen LogP contribution in [0.1, 0.15) is 16.7 Å². The van der Waals surface area contributed by atoms with Crippen molar-refractivity contribution < 1.29 is 4.39 Å². The van der Waals surface area contributed by atoms with E-state index in [4.69, 9.17) is 0 Å². The summed E-state index contributed by atoms with van der Waals surface area (Å²) in [7, 11) is 0. The maximum absolute atomic E-state index is 13.0. The molecule has 18 heavy (non-hydrogen) atoms. The summed E-state index contributed by atoms with van der Waals surface area (Å²) in [6, 6.07) is 11.1. The maximum Gasteiger partial charge on any atom is 0.124 e. The van der Waals surface area contributed by atoms with Crippen LogP contribution in [-0.4, -0.2) is 0 Å². The smallest absolute Gasteiger partial charge is 0.124 e. The molecule has 2 aromatic carbocycles. The summed E-state index contributed by atoms with van der Waals surface area (Å²) in [6.45, 7) is 4.90. The van der Waals surface area contributed by atoms with Crippen LogP contribution in [0.25, 0.3) is 0 Å². The number of hydrogen-bond donors (Lipinski definition) is 1. The van der Waals surface area contributed by atoms with Gasteiger partial charge < -0.3 is 5.32 Å². The van der Waals surface area contributed by atoms with Crippen molar-refractivity contribution in [1.29, 1.82) is 0 Å². The predicted molar refractivity (Wildman–Crippen MR) is 77.3 cm³/mol. The summed E-state index contributed by atoms with van der Waals surface area (Å²) in [5.41, 5.74) is 4.63. The van der Waals surface area contributed by atoms with Crippen molar-refractivity contribution in [1.82, 2.24) is 0 Å². The normalized spacial score (nSPS) is 10.4. The fraction of sp³-hybridized carbons (Fsp3) is 0.200. The van der Waals surface area contributed by atoms with Gasteiger partial charge in [-0.25, -0.2) is 4.39 Å². The lowest BCUT2D eigenvalue weighted by molar-refractivity contribution is 0.627. The first-order valence-electron chi connectivity index (χ1n) is 5.81. The molecule has 0 fully saturated rings. The molecule has 0 aliphatic carbocycles. The molecule has 0 spiro atoms. The van der Waals surface area contributed by atoms with Gasteiger partial charge in [-0.05, 0) is 53.5 Å². The molecule has 0 saturated heterocycles. The maximum atomic E-state index is 13.0. The van der Waals surface area contributed by atoms with Crippen LogP contribution in [0.15, 0.2) is 40.9 Å². The van der Waals surface area contributed by atoms with Gasteiger partial charge in [-0.3, -0.25) is 0 Å². The van der Waals surface area contributed by atoms with Crippen molar-refractivity contribution >= 4 is 21.6 Å². The van der Waals surface area contributed by atoms with Gasteiger partial charge in [-0.15, -0.1) is 0 Å². The van der Waals surface area contributed by atoms with Gasteiger partial charge in [0.25, 0.3) is 0 Å². The van der Waals surface area contributed by atoms with Crippen LogP contribution < -0.4 is 5.32 Å². The Balaban J connectivity index is 2.11. The number of halogens is 2. The summed E-state index contributed by atoms with van der Waals surface area (Å²) >= 11 is 3.35. The highest BCUT2D eigenvalue weighted by Crippen LogP contribution is 2.23. The van der Waals surface area contributed by atoms with E-state index in [1.807, 2.05) is 0 Å². The number of nitrogens with one attached hydrogen (secondary N) is 1. The predicted octanol–water partition coefficient (Wildman–Crippen LogP) is 4.82. The van der Waals surface area contributed by atoms with E-state index in [9.17, 15) is 4.39 Å². The van der Waals surface area contributed by atoms with Gasteiger partial charge in [-0.1, -0.05) is 29.3 Å². The topological polar surface area (TPSA) is 12.0 Å². The van der Waals surface area contributed by atoms with E-state index < -0.39 is 0 Å². The fourth-order valence-corrected chi connectivity index (χ4v) is 2.49. The molecule has 1 N–H and O–H groups in total. The first-order valence-corrected chi connectivity index (χ1v) is 6.60. The molecule has 0 amide bonds. The van der Waals surface area contributed by atoms with Crippen LogP contribution >= 0.6 is 15.9 Å². The highest BCUT2D eigenvalue weighted by molar-refractivity contribution is 9.10. The minimum atomic E-state index is -0.237. The number of hydrogen-bond acceptors (Lipinski definition) is 1. The molecule has 0 atom stereocenters. The molecule has 0 aliphatic heterocycles. The standard InChI is InChI=1S/C15H15BrFN/c1-10-5-11(2)7-12(6-10)9-18-15-4-3-13(17)8-14(15)16/h3-8,18H,9H2,1-2H3. The highest BCUT2D eigenvalue weighted by Gasteiger charge is 2.02. The number of aryl methyl sites for hydroxylation is 2. The zero-order chi connectivity index (χ0) is 13.1. The molecule has 0 heterocycles. The van der Waals surface area contributed by atoms with Crippen LogP contribution in [0.5, 0.6) is 0 Å². The van der Waals surface area contributed by atoms with E-state index in [0.29, 0.717) is 0 Å². The molecule has 2 rings (SSSR count). The Bertz CT molecular complexity index is 546. The van der Waals surface area contributed by atoms with Crippen LogP contribution in [0.3, 0.4) is 0 Å². The molecule has 3 heteroatoms. The van der Waals surface area contributed by atoms with Crippen LogP contribution in [-0.2, 0) is 6.54 Å². The second kappa shape index (κ2) is 5.53. The van der Waals surface area contributed by atoms with Crippen LogP contribution in [0.4, 0.5) is 10.1 Å². The third-order valence-corrected chi connectivity index (χ3v) is 3.35. The van der Waals surface area contributed by atoms with E-state index in [0.717, 1.165) is 16.7 Å². The van der Waals surface area contributed by atoms with Crippen molar-refractivity contribution in [3.05, 3.63) is 63.4 Å². The third-order valence-electron chi connectivity index (χ3n) is 2.70.